The maximum atomic E-state index is 11.2. The molecule has 1 heterocycles. The van der Waals surface area contributed by atoms with E-state index in [1.54, 1.807) is 18.2 Å². The molecule has 0 fully saturated rings. The Balaban J connectivity index is 2.20. The average Bonchev–Trinajstić information content (AvgIpc) is 2.33. The molecule has 92 valence electrons. The maximum Gasteiger partial charge on any atom is 0.306 e. The van der Waals surface area contributed by atoms with Crippen LogP contribution in [-0.2, 0) is 9.53 Å². The number of fused-ring (bicyclic) bond motifs is 1. The fourth-order valence-corrected chi connectivity index (χ4v) is 1.94. The van der Waals surface area contributed by atoms with Crippen LogP contribution in [0, 0.1) is 5.92 Å². The number of carbonyl (C=O) groups is 1. The Labute approximate surface area is 99.1 Å². The van der Waals surface area contributed by atoms with Gasteiger partial charge in [0.15, 0.2) is 0 Å². The fourth-order valence-electron chi connectivity index (χ4n) is 1.94. The molecule has 0 bridgehead atoms. The van der Waals surface area contributed by atoms with Crippen LogP contribution in [0.2, 0.25) is 0 Å². The highest BCUT2D eigenvalue weighted by molar-refractivity contribution is 5.69. The number of rotatable bonds is 2. The number of hydrogen-bond acceptors (Lipinski definition) is 5. The van der Waals surface area contributed by atoms with Crippen LogP contribution in [0.3, 0.4) is 0 Å². The third-order valence-electron chi connectivity index (χ3n) is 2.91. The van der Waals surface area contributed by atoms with Crippen molar-refractivity contribution in [2.75, 3.05) is 19.5 Å². The molecule has 0 saturated carbocycles. The van der Waals surface area contributed by atoms with Crippen LogP contribution in [0.1, 0.15) is 18.1 Å². The van der Waals surface area contributed by atoms with E-state index in [0.29, 0.717) is 23.6 Å². The van der Waals surface area contributed by atoms with Gasteiger partial charge in [-0.25, -0.2) is 0 Å². The molecule has 5 heteroatoms. The normalized spacial score (nSPS) is 22.5. The molecule has 2 rings (SSSR count). The van der Waals surface area contributed by atoms with Crippen LogP contribution in [-0.4, -0.2) is 24.8 Å². The second kappa shape index (κ2) is 4.63. The minimum absolute atomic E-state index is 0.131. The summed E-state index contributed by atoms with van der Waals surface area (Å²) in [6, 6.07) is 5.11. The second-order valence-electron chi connectivity index (χ2n) is 4.09. The van der Waals surface area contributed by atoms with Crippen molar-refractivity contribution in [2.24, 2.45) is 5.92 Å². The van der Waals surface area contributed by atoms with Crippen molar-refractivity contribution in [1.82, 2.24) is 0 Å². The van der Waals surface area contributed by atoms with Gasteiger partial charge >= 0.3 is 5.97 Å². The number of nitrogen functional groups attached to an aromatic ring is 1. The number of aliphatic hydroxyl groups is 1. The van der Waals surface area contributed by atoms with E-state index in [1.807, 2.05) is 0 Å². The number of ether oxygens (including phenoxy) is 2. The molecule has 2 atom stereocenters. The first-order valence-electron chi connectivity index (χ1n) is 5.39. The Hall–Kier alpha value is -1.75. The van der Waals surface area contributed by atoms with Crippen molar-refractivity contribution >= 4 is 11.7 Å². The van der Waals surface area contributed by atoms with Gasteiger partial charge in [0, 0.05) is 17.2 Å². The molecular formula is C12H15NO4. The molecule has 1 aliphatic rings. The highest BCUT2D eigenvalue weighted by Gasteiger charge is 2.31. The van der Waals surface area contributed by atoms with Gasteiger partial charge in [0.25, 0.3) is 0 Å². The predicted molar refractivity (Wildman–Crippen MR) is 61.4 cm³/mol. The number of methoxy groups -OCH3 is 1. The first-order chi connectivity index (χ1) is 8.11. The zero-order valence-corrected chi connectivity index (χ0v) is 9.55. The predicted octanol–water partition coefficient (Wildman–Crippen LogP) is 0.874. The van der Waals surface area contributed by atoms with Gasteiger partial charge < -0.3 is 20.3 Å². The lowest BCUT2D eigenvalue weighted by atomic mass is 9.90. The topological polar surface area (TPSA) is 81.8 Å². The van der Waals surface area contributed by atoms with Gasteiger partial charge in [0.1, 0.15) is 5.75 Å². The van der Waals surface area contributed by atoms with Crippen molar-refractivity contribution in [3.05, 3.63) is 23.8 Å². The maximum absolute atomic E-state index is 11.2. The van der Waals surface area contributed by atoms with Crippen molar-refractivity contribution < 1.29 is 19.4 Å². The third kappa shape index (κ3) is 2.34. The van der Waals surface area contributed by atoms with Gasteiger partial charge in [0.05, 0.1) is 26.2 Å². The Morgan fingerprint density at radius 1 is 1.65 bits per heavy atom. The Morgan fingerprint density at radius 3 is 3.12 bits per heavy atom. The number of esters is 1. The smallest absolute Gasteiger partial charge is 0.306 e. The van der Waals surface area contributed by atoms with Gasteiger partial charge in [-0.15, -0.1) is 0 Å². The third-order valence-corrected chi connectivity index (χ3v) is 2.91. The molecule has 1 aliphatic heterocycles. The Kier molecular flexibility index (Phi) is 3.19. The lowest BCUT2D eigenvalue weighted by molar-refractivity contribution is -0.143. The summed E-state index contributed by atoms with van der Waals surface area (Å²) < 4.78 is 10.1. The SMILES string of the molecule is COC(=O)CC1COc2ccc(N)cc2C1O. The summed E-state index contributed by atoms with van der Waals surface area (Å²) in [4.78, 5) is 11.2. The minimum Gasteiger partial charge on any atom is -0.493 e. The monoisotopic (exact) mass is 237 g/mol. The van der Waals surface area contributed by atoms with E-state index in [1.165, 1.54) is 7.11 Å². The number of hydrogen-bond donors (Lipinski definition) is 2. The number of benzene rings is 1. The first-order valence-corrected chi connectivity index (χ1v) is 5.39. The number of anilines is 1. The van der Waals surface area contributed by atoms with E-state index in [0.717, 1.165) is 0 Å². The number of nitrogens with two attached hydrogens (primary N) is 1. The fraction of sp³-hybridized carbons (Fsp3) is 0.417. The summed E-state index contributed by atoms with van der Waals surface area (Å²) >= 11 is 0. The molecule has 0 spiro atoms. The molecular weight excluding hydrogens is 222 g/mol. The zero-order chi connectivity index (χ0) is 12.4. The van der Waals surface area contributed by atoms with Crippen molar-refractivity contribution in [2.45, 2.75) is 12.5 Å². The van der Waals surface area contributed by atoms with E-state index in [2.05, 4.69) is 4.74 Å². The number of aliphatic hydroxyl groups excluding tert-OH is 1. The van der Waals surface area contributed by atoms with E-state index in [4.69, 9.17) is 10.5 Å². The van der Waals surface area contributed by atoms with Crippen molar-refractivity contribution in [1.29, 1.82) is 0 Å². The summed E-state index contributed by atoms with van der Waals surface area (Å²) in [6.45, 7) is 0.299. The number of carbonyl (C=O) groups excluding carboxylic acids is 1. The van der Waals surface area contributed by atoms with Gasteiger partial charge in [-0.2, -0.15) is 0 Å². The van der Waals surface area contributed by atoms with E-state index < -0.39 is 6.10 Å². The van der Waals surface area contributed by atoms with E-state index >= 15 is 0 Å². The summed E-state index contributed by atoms with van der Waals surface area (Å²) in [6.07, 6.45) is -0.618. The summed E-state index contributed by atoms with van der Waals surface area (Å²) in [5.74, 6) is -0.0328. The quantitative estimate of drug-likeness (QED) is 0.589. The zero-order valence-electron chi connectivity index (χ0n) is 9.55. The lowest BCUT2D eigenvalue weighted by Gasteiger charge is -2.29. The molecule has 0 saturated heterocycles. The van der Waals surface area contributed by atoms with Crippen LogP contribution >= 0.6 is 0 Å². The molecule has 0 amide bonds. The van der Waals surface area contributed by atoms with Gasteiger partial charge in [-0.1, -0.05) is 0 Å². The molecule has 1 aromatic carbocycles. The van der Waals surface area contributed by atoms with Crippen LogP contribution in [0.25, 0.3) is 0 Å². The molecule has 5 nitrogen and oxygen atoms in total. The highest BCUT2D eigenvalue weighted by atomic mass is 16.5. The Morgan fingerprint density at radius 2 is 2.41 bits per heavy atom. The molecule has 2 unspecified atom stereocenters. The average molecular weight is 237 g/mol. The van der Waals surface area contributed by atoms with E-state index in [-0.39, 0.29) is 18.3 Å². The summed E-state index contributed by atoms with van der Waals surface area (Å²) in [7, 11) is 1.32. The molecule has 0 radical (unpaired) electrons. The highest BCUT2D eigenvalue weighted by Crippen LogP contribution is 2.37. The van der Waals surface area contributed by atoms with Gasteiger partial charge in [-0.3, -0.25) is 4.79 Å². The standard InChI is InChI=1S/C12H15NO4/c1-16-11(14)4-7-6-17-10-3-2-8(13)5-9(10)12(7)15/h2-3,5,7,12,15H,4,6,13H2,1H3. The molecule has 0 aromatic heterocycles. The Bertz CT molecular complexity index is 433. The van der Waals surface area contributed by atoms with Crippen LogP contribution in [0.15, 0.2) is 18.2 Å². The molecule has 0 aliphatic carbocycles. The van der Waals surface area contributed by atoms with Crippen molar-refractivity contribution in [3.8, 4) is 5.75 Å². The van der Waals surface area contributed by atoms with Crippen molar-refractivity contribution in [3.63, 3.8) is 0 Å². The lowest BCUT2D eigenvalue weighted by Crippen LogP contribution is -2.28. The summed E-state index contributed by atoms with van der Waals surface area (Å²) in [5, 5.41) is 10.1. The molecule has 3 N–H and O–H groups in total. The first kappa shape index (κ1) is 11.7. The van der Waals surface area contributed by atoms with Gasteiger partial charge in [-0.05, 0) is 18.2 Å². The van der Waals surface area contributed by atoms with Gasteiger partial charge in [0.2, 0.25) is 0 Å². The van der Waals surface area contributed by atoms with Crippen LogP contribution < -0.4 is 10.5 Å². The van der Waals surface area contributed by atoms with Crippen LogP contribution in [0.4, 0.5) is 5.69 Å². The largest absolute Gasteiger partial charge is 0.493 e. The molecule has 1 aromatic rings. The summed E-state index contributed by atoms with van der Waals surface area (Å²) in [5.41, 5.74) is 6.85. The second-order valence-corrected chi connectivity index (χ2v) is 4.09. The van der Waals surface area contributed by atoms with E-state index in [9.17, 15) is 9.90 Å². The van der Waals surface area contributed by atoms with Crippen LogP contribution in [0.5, 0.6) is 5.75 Å². The minimum atomic E-state index is -0.749. The molecule has 17 heavy (non-hydrogen) atoms.